The van der Waals surface area contributed by atoms with Crippen LogP contribution in [-0.2, 0) is 6.42 Å². The van der Waals surface area contributed by atoms with Gasteiger partial charge >= 0.3 is 0 Å². The topological polar surface area (TPSA) is 80.5 Å². The summed E-state index contributed by atoms with van der Waals surface area (Å²) < 4.78 is 0. The SMILES string of the molecule is CCc1nc2ncnc(N)c2[nH]1. The lowest BCUT2D eigenvalue weighted by molar-refractivity contribution is 0.997. The van der Waals surface area contributed by atoms with Crippen LogP contribution in [0.3, 0.4) is 0 Å². The molecule has 2 rings (SSSR count). The Kier molecular flexibility index (Phi) is 1.43. The molecule has 0 aliphatic heterocycles. The Morgan fingerprint density at radius 1 is 1.50 bits per heavy atom. The fourth-order valence-corrected chi connectivity index (χ4v) is 1.06. The zero-order valence-electron chi connectivity index (χ0n) is 6.70. The van der Waals surface area contributed by atoms with Gasteiger partial charge in [-0.05, 0) is 0 Å². The van der Waals surface area contributed by atoms with Crippen molar-refractivity contribution >= 4 is 17.0 Å². The highest BCUT2D eigenvalue weighted by Crippen LogP contribution is 2.12. The molecule has 0 bridgehead atoms. The van der Waals surface area contributed by atoms with Crippen LogP contribution in [0.25, 0.3) is 11.2 Å². The van der Waals surface area contributed by atoms with E-state index >= 15 is 0 Å². The lowest BCUT2D eigenvalue weighted by Crippen LogP contribution is -1.91. The first-order valence-corrected chi connectivity index (χ1v) is 3.76. The number of nitrogens with one attached hydrogen (secondary N) is 1. The maximum Gasteiger partial charge on any atom is 0.183 e. The number of anilines is 1. The third-order valence-electron chi connectivity index (χ3n) is 1.70. The number of aromatic amines is 1. The number of nitrogens with zero attached hydrogens (tertiary/aromatic N) is 3. The highest BCUT2D eigenvalue weighted by Gasteiger charge is 2.04. The van der Waals surface area contributed by atoms with E-state index in [1.54, 1.807) is 0 Å². The van der Waals surface area contributed by atoms with Gasteiger partial charge in [0, 0.05) is 6.42 Å². The summed E-state index contributed by atoms with van der Waals surface area (Å²) in [6, 6.07) is 0. The normalized spacial score (nSPS) is 10.8. The molecule has 5 heteroatoms. The van der Waals surface area contributed by atoms with Crippen LogP contribution in [0.2, 0.25) is 0 Å². The quantitative estimate of drug-likeness (QED) is 0.641. The van der Waals surface area contributed by atoms with Gasteiger partial charge in [0.1, 0.15) is 17.7 Å². The standard InChI is InChI=1S/C7H9N5/c1-2-4-11-5-6(8)9-3-10-7(5)12-4/h3H,2H2,1H3,(H3,8,9,10,11,12). The first-order valence-electron chi connectivity index (χ1n) is 3.76. The third kappa shape index (κ3) is 0.903. The molecule has 2 aromatic rings. The van der Waals surface area contributed by atoms with Gasteiger partial charge in [-0.1, -0.05) is 6.92 Å². The van der Waals surface area contributed by atoms with Crippen molar-refractivity contribution in [3.05, 3.63) is 12.2 Å². The molecule has 0 aliphatic carbocycles. The Morgan fingerprint density at radius 3 is 3.00 bits per heavy atom. The van der Waals surface area contributed by atoms with E-state index in [-0.39, 0.29) is 0 Å². The molecule has 12 heavy (non-hydrogen) atoms. The van der Waals surface area contributed by atoms with E-state index in [0.29, 0.717) is 11.5 Å². The number of hydrogen-bond donors (Lipinski definition) is 2. The molecule has 5 nitrogen and oxygen atoms in total. The fraction of sp³-hybridized carbons (Fsp3) is 0.286. The number of imidazole rings is 1. The second-order valence-corrected chi connectivity index (χ2v) is 2.49. The predicted octanol–water partition coefficient (Wildman–Crippen LogP) is 0.497. The van der Waals surface area contributed by atoms with Crippen molar-refractivity contribution in [3.63, 3.8) is 0 Å². The number of nitrogen functional groups attached to an aromatic ring is 1. The Hall–Kier alpha value is -1.65. The van der Waals surface area contributed by atoms with Crippen LogP contribution < -0.4 is 5.73 Å². The van der Waals surface area contributed by atoms with Gasteiger partial charge < -0.3 is 10.7 Å². The summed E-state index contributed by atoms with van der Waals surface area (Å²) in [4.78, 5) is 15.1. The molecular formula is C7H9N5. The molecule has 0 radical (unpaired) electrons. The van der Waals surface area contributed by atoms with Crippen LogP contribution in [0.4, 0.5) is 5.82 Å². The van der Waals surface area contributed by atoms with E-state index in [0.717, 1.165) is 17.8 Å². The Balaban J connectivity index is 2.74. The molecule has 3 N–H and O–H groups in total. The number of aryl methyl sites for hydroxylation is 1. The van der Waals surface area contributed by atoms with Crippen LogP contribution in [-0.4, -0.2) is 19.9 Å². The molecule has 0 saturated heterocycles. The van der Waals surface area contributed by atoms with Gasteiger partial charge in [0.25, 0.3) is 0 Å². The highest BCUT2D eigenvalue weighted by molar-refractivity contribution is 5.80. The van der Waals surface area contributed by atoms with Crippen molar-refractivity contribution in [2.24, 2.45) is 0 Å². The molecule has 2 heterocycles. The van der Waals surface area contributed by atoms with Crippen LogP contribution in [0.1, 0.15) is 12.7 Å². The first kappa shape index (κ1) is 7.02. The maximum atomic E-state index is 5.60. The van der Waals surface area contributed by atoms with Gasteiger partial charge in [0.05, 0.1) is 0 Å². The second kappa shape index (κ2) is 2.44. The van der Waals surface area contributed by atoms with Crippen LogP contribution in [0, 0.1) is 0 Å². The summed E-state index contributed by atoms with van der Waals surface area (Å²) in [5.74, 6) is 1.34. The fourth-order valence-electron chi connectivity index (χ4n) is 1.06. The smallest absolute Gasteiger partial charge is 0.183 e. The average molecular weight is 163 g/mol. The minimum absolute atomic E-state index is 0.451. The number of nitrogens with two attached hydrogens (primary N) is 1. The summed E-state index contributed by atoms with van der Waals surface area (Å²) in [6.07, 6.45) is 2.26. The Bertz CT molecular complexity index is 405. The molecular weight excluding hydrogens is 154 g/mol. The van der Waals surface area contributed by atoms with Gasteiger partial charge in [0.15, 0.2) is 11.5 Å². The average Bonchev–Trinajstić information content (AvgIpc) is 2.49. The van der Waals surface area contributed by atoms with Gasteiger partial charge in [0.2, 0.25) is 0 Å². The van der Waals surface area contributed by atoms with Crippen LogP contribution >= 0.6 is 0 Å². The van der Waals surface area contributed by atoms with E-state index in [4.69, 9.17) is 5.73 Å². The van der Waals surface area contributed by atoms with E-state index < -0.39 is 0 Å². The lowest BCUT2D eigenvalue weighted by Gasteiger charge is -1.89. The molecule has 2 aromatic heterocycles. The third-order valence-corrected chi connectivity index (χ3v) is 1.70. The summed E-state index contributed by atoms with van der Waals surface area (Å²) in [7, 11) is 0. The van der Waals surface area contributed by atoms with E-state index in [1.165, 1.54) is 6.33 Å². The van der Waals surface area contributed by atoms with E-state index in [2.05, 4.69) is 19.9 Å². The van der Waals surface area contributed by atoms with Gasteiger partial charge in [-0.3, -0.25) is 0 Å². The minimum atomic E-state index is 0.451. The molecule has 62 valence electrons. The second-order valence-electron chi connectivity index (χ2n) is 2.49. The molecule has 0 aromatic carbocycles. The molecule has 0 aliphatic rings. The summed E-state index contributed by atoms with van der Waals surface area (Å²) in [5.41, 5.74) is 6.97. The van der Waals surface area contributed by atoms with Crippen molar-refractivity contribution in [2.45, 2.75) is 13.3 Å². The maximum absolute atomic E-state index is 5.60. The number of hydrogen-bond acceptors (Lipinski definition) is 4. The molecule has 0 amide bonds. The number of fused-ring (bicyclic) bond motifs is 1. The largest absolute Gasteiger partial charge is 0.382 e. The van der Waals surface area contributed by atoms with Crippen LogP contribution in [0.15, 0.2) is 6.33 Å². The summed E-state index contributed by atoms with van der Waals surface area (Å²) in [5, 5.41) is 0. The van der Waals surface area contributed by atoms with Gasteiger partial charge in [-0.15, -0.1) is 0 Å². The van der Waals surface area contributed by atoms with Crippen molar-refractivity contribution < 1.29 is 0 Å². The molecule has 0 saturated carbocycles. The van der Waals surface area contributed by atoms with Crippen molar-refractivity contribution in [1.82, 2.24) is 19.9 Å². The van der Waals surface area contributed by atoms with Gasteiger partial charge in [-0.25, -0.2) is 15.0 Å². The van der Waals surface area contributed by atoms with Crippen molar-refractivity contribution in [2.75, 3.05) is 5.73 Å². The van der Waals surface area contributed by atoms with Crippen LogP contribution in [0.5, 0.6) is 0 Å². The van der Waals surface area contributed by atoms with Crippen molar-refractivity contribution in [1.29, 1.82) is 0 Å². The molecule has 0 atom stereocenters. The zero-order valence-corrected chi connectivity index (χ0v) is 6.70. The number of rotatable bonds is 1. The van der Waals surface area contributed by atoms with Crippen molar-refractivity contribution in [3.8, 4) is 0 Å². The minimum Gasteiger partial charge on any atom is -0.382 e. The number of H-pyrrole nitrogens is 1. The summed E-state index contributed by atoms with van der Waals surface area (Å²) in [6.45, 7) is 2.02. The lowest BCUT2D eigenvalue weighted by atomic mass is 10.5. The molecule has 0 unspecified atom stereocenters. The first-order chi connectivity index (χ1) is 5.81. The zero-order chi connectivity index (χ0) is 8.55. The molecule has 0 spiro atoms. The number of aromatic nitrogens is 4. The highest BCUT2D eigenvalue weighted by atomic mass is 15.0. The Morgan fingerprint density at radius 2 is 2.33 bits per heavy atom. The van der Waals surface area contributed by atoms with E-state index in [9.17, 15) is 0 Å². The molecule has 0 fully saturated rings. The monoisotopic (exact) mass is 163 g/mol. The van der Waals surface area contributed by atoms with Gasteiger partial charge in [-0.2, -0.15) is 0 Å². The van der Waals surface area contributed by atoms with E-state index in [1.807, 2.05) is 6.92 Å². The summed E-state index contributed by atoms with van der Waals surface area (Å²) >= 11 is 0. The Labute approximate surface area is 69.1 Å². The predicted molar refractivity (Wildman–Crippen MR) is 45.5 cm³/mol.